The van der Waals surface area contributed by atoms with E-state index in [4.69, 9.17) is 0 Å². The summed E-state index contributed by atoms with van der Waals surface area (Å²) in [6, 6.07) is 6.73. The van der Waals surface area contributed by atoms with Crippen molar-refractivity contribution in [3.8, 4) is 0 Å². The first kappa shape index (κ1) is 16.0. The van der Waals surface area contributed by atoms with Crippen molar-refractivity contribution in [2.24, 2.45) is 11.8 Å². The molecule has 21 heavy (non-hydrogen) atoms. The van der Waals surface area contributed by atoms with Crippen LogP contribution in [0.15, 0.2) is 24.3 Å². The molecule has 3 nitrogen and oxygen atoms in total. The third-order valence-electron chi connectivity index (χ3n) is 4.31. The lowest BCUT2D eigenvalue weighted by atomic mass is 9.95. The largest absolute Gasteiger partial charge is 0.396 e. The Hall–Kier alpha value is -1.42. The molecule has 0 aliphatic carbocycles. The van der Waals surface area contributed by atoms with Gasteiger partial charge in [0.2, 0.25) is 5.91 Å². The van der Waals surface area contributed by atoms with Crippen molar-refractivity contribution in [1.82, 2.24) is 4.90 Å². The first-order valence-corrected chi connectivity index (χ1v) is 7.75. The van der Waals surface area contributed by atoms with Gasteiger partial charge in [-0.15, -0.1) is 0 Å². The first-order chi connectivity index (χ1) is 10.1. The van der Waals surface area contributed by atoms with Crippen LogP contribution in [0.3, 0.4) is 0 Å². The number of hydrogen-bond donors (Lipinski definition) is 1. The molecule has 1 N–H and O–H groups in total. The molecule has 2 atom stereocenters. The second-order valence-corrected chi connectivity index (χ2v) is 6.01. The SMILES string of the molecule is CC(CCc1ccccc1F)C(=O)N1CCCC(CO)C1. The normalized spacial score (nSPS) is 20.3. The number of benzene rings is 1. The summed E-state index contributed by atoms with van der Waals surface area (Å²) in [6.07, 6.45) is 3.18. The molecule has 2 unspecified atom stereocenters. The number of nitrogens with zero attached hydrogens (tertiary/aromatic N) is 1. The number of carbonyl (C=O) groups is 1. The van der Waals surface area contributed by atoms with E-state index in [-0.39, 0.29) is 30.2 Å². The van der Waals surface area contributed by atoms with Gasteiger partial charge in [0.25, 0.3) is 0 Å². The monoisotopic (exact) mass is 293 g/mol. The van der Waals surface area contributed by atoms with Crippen LogP contribution in [0.5, 0.6) is 0 Å². The van der Waals surface area contributed by atoms with Crippen LogP contribution in [-0.4, -0.2) is 35.6 Å². The lowest BCUT2D eigenvalue weighted by Gasteiger charge is -2.33. The number of halogens is 1. The van der Waals surface area contributed by atoms with Gasteiger partial charge in [0.1, 0.15) is 5.82 Å². The molecule has 0 spiro atoms. The predicted octanol–water partition coefficient (Wildman–Crippen LogP) is 2.63. The fourth-order valence-corrected chi connectivity index (χ4v) is 2.92. The van der Waals surface area contributed by atoms with Gasteiger partial charge in [0.05, 0.1) is 0 Å². The average molecular weight is 293 g/mol. The molecule has 1 fully saturated rings. The predicted molar refractivity (Wildman–Crippen MR) is 80.3 cm³/mol. The van der Waals surface area contributed by atoms with E-state index in [0.29, 0.717) is 24.9 Å². The van der Waals surface area contributed by atoms with Crippen molar-refractivity contribution >= 4 is 5.91 Å². The number of amides is 1. The highest BCUT2D eigenvalue weighted by molar-refractivity contribution is 5.78. The van der Waals surface area contributed by atoms with Crippen LogP contribution in [-0.2, 0) is 11.2 Å². The van der Waals surface area contributed by atoms with Gasteiger partial charge < -0.3 is 10.0 Å². The lowest BCUT2D eigenvalue weighted by molar-refractivity contribution is -0.137. The van der Waals surface area contributed by atoms with Gasteiger partial charge in [-0.1, -0.05) is 25.1 Å². The van der Waals surface area contributed by atoms with E-state index >= 15 is 0 Å². The highest BCUT2D eigenvalue weighted by Gasteiger charge is 2.26. The molecule has 1 saturated heterocycles. The molecule has 0 saturated carbocycles. The summed E-state index contributed by atoms with van der Waals surface area (Å²) in [4.78, 5) is 14.3. The number of aryl methyl sites for hydroxylation is 1. The molecule has 0 bridgehead atoms. The zero-order chi connectivity index (χ0) is 15.2. The molecule has 1 aliphatic heterocycles. The standard InChI is InChI=1S/C17H24FNO2/c1-13(8-9-15-6-2-3-7-16(15)18)17(21)19-10-4-5-14(11-19)12-20/h2-3,6-7,13-14,20H,4-5,8-12H2,1H3. The van der Waals surface area contributed by atoms with Crippen LogP contribution >= 0.6 is 0 Å². The number of aliphatic hydroxyl groups excluding tert-OH is 1. The Kier molecular flexibility index (Phi) is 5.74. The van der Waals surface area contributed by atoms with Crippen molar-refractivity contribution < 1.29 is 14.3 Å². The van der Waals surface area contributed by atoms with E-state index in [1.165, 1.54) is 6.07 Å². The van der Waals surface area contributed by atoms with E-state index in [9.17, 15) is 14.3 Å². The van der Waals surface area contributed by atoms with Crippen LogP contribution in [0.25, 0.3) is 0 Å². The summed E-state index contributed by atoms with van der Waals surface area (Å²) in [7, 11) is 0. The maximum absolute atomic E-state index is 13.6. The van der Waals surface area contributed by atoms with Crippen molar-refractivity contribution in [2.75, 3.05) is 19.7 Å². The fourth-order valence-electron chi connectivity index (χ4n) is 2.92. The Balaban J connectivity index is 1.86. The fraction of sp³-hybridized carbons (Fsp3) is 0.588. The Labute approximate surface area is 125 Å². The molecule has 0 aromatic heterocycles. The van der Waals surface area contributed by atoms with Crippen molar-refractivity contribution in [3.05, 3.63) is 35.6 Å². The third kappa shape index (κ3) is 4.27. The molecule has 1 aromatic rings. The zero-order valence-corrected chi connectivity index (χ0v) is 12.6. The van der Waals surface area contributed by atoms with Gasteiger partial charge in [0, 0.05) is 25.6 Å². The molecule has 1 aromatic carbocycles. The minimum atomic E-state index is -0.199. The third-order valence-corrected chi connectivity index (χ3v) is 4.31. The van der Waals surface area contributed by atoms with E-state index in [0.717, 1.165) is 19.4 Å². The molecule has 1 amide bonds. The maximum Gasteiger partial charge on any atom is 0.225 e. The Morgan fingerprint density at radius 2 is 2.24 bits per heavy atom. The van der Waals surface area contributed by atoms with Gasteiger partial charge in [-0.2, -0.15) is 0 Å². The van der Waals surface area contributed by atoms with Gasteiger partial charge in [-0.05, 0) is 43.2 Å². The summed E-state index contributed by atoms with van der Waals surface area (Å²) >= 11 is 0. The number of piperidine rings is 1. The molecule has 0 radical (unpaired) electrons. The van der Waals surface area contributed by atoms with Gasteiger partial charge in [-0.3, -0.25) is 4.79 Å². The lowest BCUT2D eigenvalue weighted by Crippen LogP contribution is -2.43. The second-order valence-electron chi connectivity index (χ2n) is 6.01. The highest BCUT2D eigenvalue weighted by Crippen LogP contribution is 2.20. The number of hydrogen-bond acceptors (Lipinski definition) is 2. The van der Waals surface area contributed by atoms with E-state index in [1.54, 1.807) is 12.1 Å². The van der Waals surface area contributed by atoms with Gasteiger partial charge >= 0.3 is 0 Å². The number of carbonyl (C=O) groups excluding carboxylic acids is 1. The van der Waals surface area contributed by atoms with Crippen molar-refractivity contribution in [3.63, 3.8) is 0 Å². The highest BCUT2D eigenvalue weighted by atomic mass is 19.1. The summed E-state index contributed by atoms with van der Waals surface area (Å²) in [5, 5.41) is 9.23. The van der Waals surface area contributed by atoms with E-state index < -0.39 is 0 Å². The smallest absolute Gasteiger partial charge is 0.225 e. The molecule has 1 aliphatic rings. The Bertz CT molecular complexity index is 478. The number of rotatable bonds is 5. The summed E-state index contributed by atoms with van der Waals surface area (Å²) in [5.41, 5.74) is 0.670. The van der Waals surface area contributed by atoms with Crippen LogP contribution in [0.1, 0.15) is 31.7 Å². The van der Waals surface area contributed by atoms with Crippen molar-refractivity contribution in [2.45, 2.75) is 32.6 Å². The number of aliphatic hydroxyl groups is 1. The zero-order valence-electron chi connectivity index (χ0n) is 12.6. The molecule has 2 rings (SSSR count). The molecule has 116 valence electrons. The second kappa shape index (κ2) is 7.55. The van der Waals surface area contributed by atoms with Crippen molar-refractivity contribution in [1.29, 1.82) is 0 Å². The van der Waals surface area contributed by atoms with Crippen LogP contribution in [0, 0.1) is 17.7 Å². The van der Waals surface area contributed by atoms with Crippen LogP contribution < -0.4 is 0 Å². The minimum absolute atomic E-state index is 0.109. The quantitative estimate of drug-likeness (QED) is 0.906. The summed E-state index contributed by atoms with van der Waals surface area (Å²) in [6.45, 7) is 3.48. The summed E-state index contributed by atoms with van der Waals surface area (Å²) < 4.78 is 13.6. The summed E-state index contributed by atoms with van der Waals surface area (Å²) in [5.74, 6) is 0.0310. The van der Waals surface area contributed by atoms with E-state index in [2.05, 4.69) is 0 Å². The first-order valence-electron chi connectivity index (χ1n) is 7.75. The van der Waals surface area contributed by atoms with Crippen LogP contribution in [0.2, 0.25) is 0 Å². The van der Waals surface area contributed by atoms with Gasteiger partial charge in [0.15, 0.2) is 0 Å². The minimum Gasteiger partial charge on any atom is -0.396 e. The maximum atomic E-state index is 13.6. The average Bonchev–Trinajstić information content (AvgIpc) is 2.53. The molecular weight excluding hydrogens is 269 g/mol. The molecule has 4 heteroatoms. The topological polar surface area (TPSA) is 40.5 Å². The van der Waals surface area contributed by atoms with Crippen LogP contribution in [0.4, 0.5) is 4.39 Å². The molecule has 1 heterocycles. The van der Waals surface area contributed by atoms with Gasteiger partial charge in [-0.25, -0.2) is 4.39 Å². The number of likely N-dealkylation sites (tertiary alicyclic amines) is 1. The van der Waals surface area contributed by atoms with E-state index in [1.807, 2.05) is 17.9 Å². The Morgan fingerprint density at radius 1 is 1.48 bits per heavy atom. The molecular formula is C17H24FNO2. The Morgan fingerprint density at radius 3 is 2.95 bits per heavy atom.